The molecule has 1 aromatic heterocycles. The maximum Gasteiger partial charge on any atom is 0.213 e. The number of benzene rings is 2. The molecule has 0 bridgehead atoms. The van der Waals surface area contributed by atoms with E-state index in [4.69, 9.17) is 28.8 Å². The lowest BCUT2D eigenvalue weighted by Crippen LogP contribution is -2.33. The molecule has 0 spiro atoms. The molecule has 0 radical (unpaired) electrons. The van der Waals surface area contributed by atoms with Crippen molar-refractivity contribution in [2.75, 3.05) is 16.8 Å². The lowest BCUT2D eigenvalue weighted by Gasteiger charge is -2.18. The first-order chi connectivity index (χ1) is 10.7. The summed E-state index contributed by atoms with van der Waals surface area (Å²) < 4.78 is 2.20. The Labute approximate surface area is 138 Å². The van der Waals surface area contributed by atoms with Gasteiger partial charge < -0.3 is 9.88 Å². The highest BCUT2D eigenvalue weighted by Crippen LogP contribution is 2.27. The largest absolute Gasteiger partial charge is 0.332 e. The van der Waals surface area contributed by atoms with Crippen molar-refractivity contribution in [3.8, 4) is 0 Å². The van der Waals surface area contributed by atoms with Gasteiger partial charge in [-0.2, -0.15) is 0 Å². The molecule has 3 aromatic rings. The van der Waals surface area contributed by atoms with Gasteiger partial charge in [0.25, 0.3) is 0 Å². The molecule has 1 aliphatic rings. The van der Waals surface area contributed by atoms with Crippen LogP contribution in [0.2, 0.25) is 5.02 Å². The summed E-state index contributed by atoms with van der Waals surface area (Å²) >= 11 is 11.5. The SMILES string of the molecule is S=C(Nc1cccc(Cl)c1)N1CCn2c1nc1ccccc12. The van der Waals surface area contributed by atoms with E-state index in [0.29, 0.717) is 10.1 Å². The zero-order chi connectivity index (χ0) is 15.1. The number of nitrogens with one attached hydrogen (secondary N) is 1. The molecule has 0 atom stereocenters. The Balaban J connectivity index is 1.64. The van der Waals surface area contributed by atoms with Crippen molar-refractivity contribution in [2.45, 2.75) is 6.54 Å². The molecule has 0 saturated heterocycles. The molecule has 4 rings (SSSR count). The van der Waals surface area contributed by atoms with Gasteiger partial charge in [0, 0.05) is 23.8 Å². The van der Waals surface area contributed by atoms with E-state index in [9.17, 15) is 0 Å². The Morgan fingerprint density at radius 2 is 2.00 bits per heavy atom. The number of hydrogen-bond donors (Lipinski definition) is 1. The third-order valence-corrected chi connectivity index (χ3v) is 4.30. The molecular weight excluding hydrogens is 316 g/mol. The van der Waals surface area contributed by atoms with Gasteiger partial charge in [0.15, 0.2) is 5.11 Å². The van der Waals surface area contributed by atoms with Crippen molar-refractivity contribution < 1.29 is 0 Å². The fraction of sp³-hybridized carbons (Fsp3) is 0.125. The minimum atomic E-state index is 0.635. The van der Waals surface area contributed by atoms with Crippen LogP contribution in [0.15, 0.2) is 48.5 Å². The number of imidazole rings is 1. The smallest absolute Gasteiger partial charge is 0.213 e. The van der Waals surface area contributed by atoms with Gasteiger partial charge in [0.1, 0.15) is 0 Å². The number of thiocarbonyl (C=S) groups is 1. The van der Waals surface area contributed by atoms with Gasteiger partial charge in [0.2, 0.25) is 5.95 Å². The highest BCUT2D eigenvalue weighted by atomic mass is 35.5. The summed E-state index contributed by atoms with van der Waals surface area (Å²) in [5, 5.41) is 4.55. The van der Waals surface area contributed by atoms with Crippen LogP contribution < -0.4 is 10.2 Å². The second kappa shape index (κ2) is 5.26. The summed E-state index contributed by atoms with van der Waals surface area (Å²) in [6, 6.07) is 15.7. The average molecular weight is 329 g/mol. The topological polar surface area (TPSA) is 33.1 Å². The van der Waals surface area contributed by atoms with E-state index in [1.807, 2.05) is 47.4 Å². The first kappa shape index (κ1) is 13.5. The summed E-state index contributed by atoms with van der Waals surface area (Å²) in [6.45, 7) is 1.70. The Kier molecular flexibility index (Phi) is 3.24. The number of fused-ring (bicyclic) bond motifs is 3. The molecule has 4 nitrogen and oxygen atoms in total. The maximum atomic E-state index is 6.01. The number of nitrogens with zero attached hydrogens (tertiary/aromatic N) is 3. The van der Waals surface area contributed by atoms with Crippen molar-refractivity contribution in [3.05, 3.63) is 53.6 Å². The molecule has 1 N–H and O–H groups in total. The minimum absolute atomic E-state index is 0.635. The lowest BCUT2D eigenvalue weighted by atomic mass is 10.3. The summed E-state index contributed by atoms with van der Waals surface area (Å²) in [5.41, 5.74) is 3.02. The molecule has 0 saturated carbocycles. The van der Waals surface area contributed by atoms with Gasteiger partial charge in [-0.1, -0.05) is 29.8 Å². The van der Waals surface area contributed by atoms with Crippen molar-refractivity contribution >= 4 is 51.6 Å². The predicted octanol–water partition coefficient (Wildman–Crippen LogP) is 3.91. The number of hydrogen-bond acceptors (Lipinski definition) is 2. The van der Waals surface area contributed by atoms with Crippen LogP contribution in [0.1, 0.15) is 0 Å². The summed E-state index contributed by atoms with van der Waals surface area (Å²) in [6.07, 6.45) is 0. The van der Waals surface area contributed by atoms with E-state index < -0.39 is 0 Å². The van der Waals surface area contributed by atoms with E-state index in [1.54, 1.807) is 0 Å². The van der Waals surface area contributed by atoms with Crippen LogP contribution >= 0.6 is 23.8 Å². The predicted molar refractivity (Wildman–Crippen MR) is 94.8 cm³/mol. The highest BCUT2D eigenvalue weighted by molar-refractivity contribution is 7.80. The average Bonchev–Trinajstić information content (AvgIpc) is 3.05. The van der Waals surface area contributed by atoms with E-state index in [-0.39, 0.29) is 0 Å². The van der Waals surface area contributed by atoms with Crippen molar-refractivity contribution in [2.24, 2.45) is 0 Å². The maximum absolute atomic E-state index is 6.01. The van der Waals surface area contributed by atoms with Gasteiger partial charge in [-0.25, -0.2) is 4.98 Å². The molecule has 0 unspecified atom stereocenters. The van der Waals surface area contributed by atoms with E-state index in [1.165, 1.54) is 0 Å². The Morgan fingerprint density at radius 1 is 1.14 bits per heavy atom. The molecule has 0 fully saturated rings. The monoisotopic (exact) mass is 328 g/mol. The first-order valence-corrected chi connectivity index (χ1v) is 7.80. The van der Waals surface area contributed by atoms with Crippen LogP contribution in [0.5, 0.6) is 0 Å². The molecule has 22 heavy (non-hydrogen) atoms. The molecular formula is C16H13ClN4S. The van der Waals surface area contributed by atoms with Gasteiger partial charge in [0.05, 0.1) is 11.0 Å². The second-order valence-electron chi connectivity index (χ2n) is 5.14. The zero-order valence-electron chi connectivity index (χ0n) is 11.7. The molecule has 2 aromatic carbocycles. The van der Waals surface area contributed by atoms with Crippen LogP contribution in [0.4, 0.5) is 11.6 Å². The Hall–Kier alpha value is -2.11. The minimum Gasteiger partial charge on any atom is -0.332 e. The van der Waals surface area contributed by atoms with E-state index in [0.717, 1.165) is 35.8 Å². The summed E-state index contributed by atoms with van der Waals surface area (Å²) in [7, 11) is 0. The van der Waals surface area contributed by atoms with Crippen molar-refractivity contribution in [3.63, 3.8) is 0 Å². The molecule has 6 heteroatoms. The van der Waals surface area contributed by atoms with Crippen LogP contribution in [0.25, 0.3) is 11.0 Å². The third-order valence-electron chi connectivity index (χ3n) is 3.74. The van der Waals surface area contributed by atoms with Crippen LogP contribution in [-0.4, -0.2) is 21.2 Å². The van der Waals surface area contributed by atoms with Crippen LogP contribution in [-0.2, 0) is 6.54 Å². The summed E-state index contributed by atoms with van der Waals surface area (Å²) in [4.78, 5) is 6.71. The number of anilines is 2. The fourth-order valence-electron chi connectivity index (χ4n) is 2.74. The molecule has 1 aliphatic heterocycles. The standard InChI is InChI=1S/C16H13ClN4S/c17-11-4-3-5-12(10-11)18-16(22)21-9-8-20-14-7-2-1-6-13(14)19-15(20)21/h1-7,10H,8-9H2,(H,18,22). The zero-order valence-corrected chi connectivity index (χ0v) is 13.2. The van der Waals surface area contributed by atoms with Gasteiger partial charge in [-0.3, -0.25) is 4.90 Å². The first-order valence-electron chi connectivity index (χ1n) is 7.02. The van der Waals surface area contributed by atoms with Crippen molar-refractivity contribution in [1.29, 1.82) is 0 Å². The Morgan fingerprint density at radius 3 is 2.86 bits per heavy atom. The number of para-hydroxylation sites is 2. The molecule has 0 aliphatic carbocycles. The number of rotatable bonds is 1. The van der Waals surface area contributed by atoms with Gasteiger partial charge in [-0.05, 0) is 42.5 Å². The summed E-state index contributed by atoms with van der Waals surface area (Å²) in [5.74, 6) is 0.890. The second-order valence-corrected chi connectivity index (χ2v) is 5.97. The van der Waals surface area contributed by atoms with Gasteiger partial charge in [-0.15, -0.1) is 0 Å². The normalized spacial score (nSPS) is 13.4. The number of halogens is 1. The van der Waals surface area contributed by atoms with Crippen LogP contribution in [0.3, 0.4) is 0 Å². The quantitative estimate of drug-likeness (QED) is 0.687. The van der Waals surface area contributed by atoms with E-state index in [2.05, 4.69) is 16.0 Å². The van der Waals surface area contributed by atoms with Crippen LogP contribution in [0, 0.1) is 0 Å². The van der Waals surface area contributed by atoms with Crippen molar-refractivity contribution in [1.82, 2.24) is 9.55 Å². The number of aromatic nitrogens is 2. The lowest BCUT2D eigenvalue weighted by molar-refractivity contribution is 0.829. The highest BCUT2D eigenvalue weighted by Gasteiger charge is 2.26. The fourth-order valence-corrected chi connectivity index (χ4v) is 3.22. The molecule has 0 amide bonds. The Bertz CT molecular complexity index is 873. The van der Waals surface area contributed by atoms with E-state index >= 15 is 0 Å². The molecule has 2 heterocycles. The third kappa shape index (κ3) is 2.23. The van der Waals surface area contributed by atoms with Gasteiger partial charge >= 0.3 is 0 Å². The molecule has 110 valence electrons.